The summed E-state index contributed by atoms with van der Waals surface area (Å²) in [4.78, 5) is 0. The van der Waals surface area contributed by atoms with Gasteiger partial charge in [-0.2, -0.15) is 5.26 Å². The zero-order chi connectivity index (χ0) is 9.97. The maximum Gasteiger partial charge on any atom is 0.132 e. The number of aliphatic hydroxyl groups is 1. The van der Waals surface area contributed by atoms with Crippen LogP contribution in [0.4, 0.5) is 0 Å². The zero-order valence-electron chi connectivity index (χ0n) is 7.68. The van der Waals surface area contributed by atoms with E-state index >= 15 is 0 Å². The van der Waals surface area contributed by atoms with Crippen molar-refractivity contribution in [2.45, 2.75) is 18.9 Å². The van der Waals surface area contributed by atoms with Gasteiger partial charge in [-0.3, -0.25) is 0 Å². The van der Waals surface area contributed by atoms with Crippen LogP contribution in [0.2, 0.25) is 0 Å². The molecule has 0 spiro atoms. The molecular formula is C11H11NO2. The van der Waals surface area contributed by atoms with Crippen LogP contribution in [0.15, 0.2) is 34.5 Å². The van der Waals surface area contributed by atoms with E-state index in [-0.39, 0.29) is 5.92 Å². The summed E-state index contributed by atoms with van der Waals surface area (Å²) < 4.78 is 5.11. The Bertz CT molecular complexity index is 372. The fourth-order valence-corrected chi connectivity index (χ4v) is 1.84. The number of hydrogen-bond acceptors (Lipinski definition) is 3. The van der Waals surface area contributed by atoms with Crippen LogP contribution in [0.3, 0.4) is 0 Å². The Morgan fingerprint density at radius 2 is 2.50 bits per heavy atom. The van der Waals surface area contributed by atoms with Crippen LogP contribution in [0.5, 0.6) is 0 Å². The minimum absolute atomic E-state index is 0.0915. The second-order valence-electron chi connectivity index (χ2n) is 3.42. The first-order valence-corrected chi connectivity index (χ1v) is 4.64. The Kier molecular flexibility index (Phi) is 2.38. The third-order valence-electron chi connectivity index (χ3n) is 2.59. The van der Waals surface area contributed by atoms with Crippen LogP contribution < -0.4 is 0 Å². The van der Waals surface area contributed by atoms with Crippen molar-refractivity contribution in [2.75, 3.05) is 0 Å². The predicted octanol–water partition coefficient (Wildman–Crippen LogP) is 2.17. The number of furan rings is 1. The highest BCUT2D eigenvalue weighted by Crippen LogP contribution is 2.36. The lowest BCUT2D eigenvalue weighted by molar-refractivity contribution is 0.104. The molecule has 0 amide bonds. The van der Waals surface area contributed by atoms with Crippen LogP contribution in [0.1, 0.15) is 24.7 Å². The molecule has 0 fully saturated rings. The maximum absolute atomic E-state index is 9.93. The average Bonchev–Trinajstić information content (AvgIpc) is 2.87. The van der Waals surface area contributed by atoms with E-state index in [1.165, 1.54) is 6.26 Å². The van der Waals surface area contributed by atoms with Crippen LogP contribution >= 0.6 is 0 Å². The second-order valence-corrected chi connectivity index (χ2v) is 3.42. The molecule has 2 rings (SSSR count). The van der Waals surface area contributed by atoms with Gasteiger partial charge < -0.3 is 9.52 Å². The lowest BCUT2D eigenvalue weighted by Crippen LogP contribution is -2.10. The molecule has 0 aromatic carbocycles. The van der Waals surface area contributed by atoms with Gasteiger partial charge in [0.2, 0.25) is 0 Å². The summed E-state index contributed by atoms with van der Waals surface area (Å²) >= 11 is 0. The summed E-state index contributed by atoms with van der Waals surface area (Å²) in [5.74, 6) is 0.448. The predicted molar refractivity (Wildman–Crippen MR) is 50.1 cm³/mol. The standard InChI is InChI=1S/C11H11NO2/c12-7-8-3-1-4-9(8)11(13)10-5-2-6-14-10/h2-3,5-6,9,11,13H,1,4H2/t9?,11-/m1/s1. The van der Waals surface area contributed by atoms with Crippen molar-refractivity contribution in [3.8, 4) is 6.07 Å². The van der Waals surface area contributed by atoms with Crippen LogP contribution in [-0.2, 0) is 0 Å². The number of rotatable bonds is 2. The van der Waals surface area contributed by atoms with E-state index in [4.69, 9.17) is 9.68 Å². The molecule has 1 N–H and O–H groups in total. The van der Waals surface area contributed by atoms with Crippen molar-refractivity contribution >= 4 is 0 Å². The van der Waals surface area contributed by atoms with E-state index in [1.54, 1.807) is 12.1 Å². The minimum Gasteiger partial charge on any atom is -0.467 e. The molecule has 0 saturated heterocycles. The van der Waals surface area contributed by atoms with Crippen molar-refractivity contribution in [1.82, 2.24) is 0 Å². The van der Waals surface area contributed by atoms with Gasteiger partial charge in [-0.15, -0.1) is 0 Å². The van der Waals surface area contributed by atoms with E-state index in [0.29, 0.717) is 11.3 Å². The lowest BCUT2D eigenvalue weighted by Gasteiger charge is -2.15. The molecular weight excluding hydrogens is 178 g/mol. The Hall–Kier alpha value is -1.53. The molecule has 72 valence electrons. The number of allylic oxidation sites excluding steroid dienone is 1. The number of nitrogens with zero attached hydrogens (tertiary/aromatic N) is 1. The summed E-state index contributed by atoms with van der Waals surface area (Å²) in [6.07, 6.45) is 4.43. The van der Waals surface area contributed by atoms with Gasteiger partial charge >= 0.3 is 0 Å². The Balaban J connectivity index is 2.17. The molecule has 0 saturated carbocycles. The van der Waals surface area contributed by atoms with Crippen molar-refractivity contribution in [1.29, 1.82) is 5.26 Å². The first kappa shape index (κ1) is 9.04. The number of nitriles is 1. The van der Waals surface area contributed by atoms with E-state index < -0.39 is 6.10 Å². The van der Waals surface area contributed by atoms with Gasteiger partial charge in [0.25, 0.3) is 0 Å². The maximum atomic E-state index is 9.93. The lowest BCUT2D eigenvalue weighted by atomic mass is 9.94. The molecule has 3 heteroatoms. The molecule has 1 aromatic rings. The van der Waals surface area contributed by atoms with Gasteiger partial charge in [-0.1, -0.05) is 6.08 Å². The summed E-state index contributed by atoms with van der Waals surface area (Å²) in [5.41, 5.74) is 0.675. The fraction of sp³-hybridized carbons (Fsp3) is 0.364. The summed E-state index contributed by atoms with van der Waals surface area (Å²) in [6.45, 7) is 0. The molecule has 0 radical (unpaired) electrons. The van der Waals surface area contributed by atoms with Gasteiger partial charge in [-0.05, 0) is 25.0 Å². The summed E-state index contributed by atoms with van der Waals surface area (Å²) in [5, 5.41) is 18.7. The van der Waals surface area contributed by atoms with Gasteiger partial charge in [0, 0.05) is 11.5 Å². The van der Waals surface area contributed by atoms with Crippen molar-refractivity contribution in [3.05, 3.63) is 35.8 Å². The van der Waals surface area contributed by atoms with Crippen LogP contribution in [0, 0.1) is 17.2 Å². The highest BCUT2D eigenvalue weighted by Gasteiger charge is 2.29. The molecule has 1 aliphatic carbocycles. The zero-order valence-corrected chi connectivity index (χ0v) is 7.68. The van der Waals surface area contributed by atoms with E-state index in [0.717, 1.165) is 12.8 Å². The van der Waals surface area contributed by atoms with Crippen LogP contribution in [-0.4, -0.2) is 5.11 Å². The molecule has 1 unspecified atom stereocenters. The fourth-order valence-electron chi connectivity index (χ4n) is 1.84. The normalized spacial score (nSPS) is 22.9. The first-order valence-electron chi connectivity index (χ1n) is 4.64. The molecule has 1 aromatic heterocycles. The van der Waals surface area contributed by atoms with Gasteiger partial charge in [0.05, 0.1) is 12.3 Å². The van der Waals surface area contributed by atoms with E-state index in [1.807, 2.05) is 6.08 Å². The Labute approximate surface area is 82.3 Å². The summed E-state index contributed by atoms with van der Waals surface area (Å²) in [7, 11) is 0. The quantitative estimate of drug-likeness (QED) is 0.775. The van der Waals surface area contributed by atoms with E-state index in [2.05, 4.69) is 6.07 Å². The van der Waals surface area contributed by atoms with Crippen LogP contribution in [0.25, 0.3) is 0 Å². The molecule has 14 heavy (non-hydrogen) atoms. The molecule has 0 aliphatic heterocycles. The van der Waals surface area contributed by atoms with Gasteiger partial charge in [0.15, 0.2) is 0 Å². The van der Waals surface area contributed by atoms with Gasteiger partial charge in [0.1, 0.15) is 11.9 Å². The Morgan fingerprint density at radius 1 is 1.64 bits per heavy atom. The van der Waals surface area contributed by atoms with Crippen molar-refractivity contribution in [2.24, 2.45) is 5.92 Å². The van der Waals surface area contributed by atoms with Crippen molar-refractivity contribution < 1.29 is 9.52 Å². The van der Waals surface area contributed by atoms with Gasteiger partial charge in [-0.25, -0.2) is 0 Å². The highest BCUT2D eigenvalue weighted by atomic mass is 16.4. The SMILES string of the molecule is N#CC1=CCCC1[C@@H](O)c1ccco1. The molecule has 0 bridgehead atoms. The third kappa shape index (κ3) is 1.45. The molecule has 2 atom stereocenters. The second kappa shape index (κ2) is 3.69. The average molecular weight is 189 g/mol. The number of aliphatic hydroxyl groups excluding tert-OH is 1. The van der Waals surface area contributed by atoms with Crippen molar-refractivity contribution in [3.63, 3.8) is 0 Å². The molecule has 1 heterocycles. The first-order chi connectivity index (χ1) is 6.83. The monoisotopic (exact) mass is 189 g/mol. The largest absolute Gasteiger partial charge is 0.467 e. The molecule has 3 nitrogen and oxygen atoms in total. The minimum atomic E-state index is -0.682. The molecule has 1 aliphatic rings. The Morgan fingerprint density at radius 3 is 3.14 bits per heavy atom. The smallest absolute Gasteiger partial charge is 0.132 e. The third-order valence-corrected chi connectivity index (χ3v) is 2.59. The topological polar surface area (TPSA) is 57.2 Å². The highest BCUT2D eigenvalue weighted by molar-refractivity contribution is 5.29. The number of hydrogen-bond donors (Lipinski definition) is 1. The van der Waals surface area contributed by atoms with E-state index in [9.17, 15) is 5.11 Å². The summed E-state index contributed by atoms with van der Waals surface area (Å²) in [6, 6.07) is 5.59.